The molecule has 0 saturated carbocycles. The van der Waals surface area contributed by atoms with Crippen LogP contribution in [-0.2, 0) is 19.7 Å². The van der Waals surface area contributed by atoms with Gasteiger partial charge in [0.15, 0.2) is 0 Å². The average Bonchev–Trinajstić information content (AvgIpc) is 3.35. The van der Waals surface area contributed by atoms with E-state index in [0.29, 0.717) is 31.7 Å². The lowest BCUT2D eigenvalue weighted by Crippen LogP contribution is -2.31. The number of amides is 1. The van der Waals surface area contributed by atoms with Crippen LogP contribution in [0, 0.1) is 0 Å². The number of carbonyl (C=O) groups is 2. The Kier molecular flexibility index (Phi) is 7.41. The number of nitrogens with zero attached hydrogens (tertiary/aromatic N) is 1. The van der Waals surface area contributed by atoms with Crippen LogP contribution in [0.5, 0.6) is 5.75 Å². The molecule has 1 amide bonds. The van der Waals surface area contributed by atoms with E-state index in [-0.39, 0.29) is 16.7 Å². The topological polar surface area (TPSA) is 76.1 Å². The van der Waals surface area contributed by atoms with Gasteiger partial charge in [0.1, 0.15) is 11.5 Å². The van der Waals surface area contributed by atoms with E-state index in [4.69, 9.17) is 9.47 Å². The molecule has 2 aromatic rings. The van der Waals surface area contributed by atoms with Gasteiger partial charge in [-0.1, -0.05) is 26.8 Å². The number of thiophene rings is 1. The summed E-state index contributed by atoms with van der Waals surface area (Å²) in [7, 11) is 1.60. The Labute approximate surface area is 193 Å². The third-order valence-corrected chi connectivity index (χ3v) is 6.39. The van der Waals surface area contributed by atoms with E-state index in [1.807, 2.05) is 36.6 Å². The summed E-state index contributed by atoms with van der Waals surface area (Å²) >= 11 is 1.46. The Morgan fingerprint density at radius 2 is 1.97 bits per heavy atom. The smallest absolute Gasteiger partial charge is 0.295 e. The quantitative estimate of drug-likeness (QED) is 0.264. The molecule has 0 radical (unpaired) electrons. The van der Waals surface area contributed by atoms with Crippen LogP contribution in [-0.4, -0.2) is 48.6 Å². The number of methoxy groups -OCH3 is 1. The number of aliphatic hydroxyl groups is 1. The highest BCUT2D eigenvalue weighted by atomic mass is 32.1. The van der Waals surface area contributed by atoms with Crippen molar-refractivity contribution in [2.45, 2.75) is 45.6 Å². The van der Waals surface area contributed by atoms with Gasteiger partial charge in [-0.2, -0.15) is 0 Å². The van der Waals surface area contributed by atoms with Crippen molar-refractivity contribution in [3.8, 4) is 5.75 Å². The van der Waals surface area contributed by atoms with Gasteiger partial charge in [0.05, 0.1) is 18.2 Å². The first-order chi connectivity index (χ1) is 15.2. The number of benzene rings is 1. The van der Waals surface area contributed by atoms with Gasteiger partial charge in [-0.15, -0.1) is 11.3 Å². The molecule has 172 valence electrons. The van der Waals surface area contributed by atoms with Gasteiger partial charge < -0.3 is 19.5 Å². The molecule has 2 heterocycles. The van der Waals surface area contributed by atoms with Gasteiger partial charge >= 0.3 is 0 Å². The van der Waals surface area contributed by atoms with Crippen molar-refractivity contribution in [1.82, 2.24) is 4.90 Å². The number of hydrogen-bond acceptors (Lipinski definition) is 6. The van der Waals surface area contributed by atoms with E-state index >= 15 is 0 Å². The molecular weight excluding hydrogens is 426 g/mol. The molecule has 32 heavy (non-hydrogen) atoms. The second-order valence-electron chi connectivity index (χ2n) is 8.75. The molecule has 1 N–H and O–H groups in total. The summed E-state index contributed by atoms with van der Waals surface area (Å²) in [6.07, 6.45) is 0.600. The summed E-state index contributed by atoms with van der Waals surface area (Å²) in [5.74, 6) is -0.677. The molecule has 7 heteroatoms. The maximum Gasteiger partial charge on any atom is 0.295 e. The molecule has 1 aliphatic heterocycles. The van der Waals surface area contributed by atoms with Crippen molar-refractivity contribution < 1.29 is 24.2 Å². The first-order valence-corrected chi connectivity index (χ1v) is 11.7. The van der Waals surface area contributed by atoms with Crippen molar-refractivity contribution in [1.29, 1.82) is 0 Å². The number of hydrogen-bond donors (Lipinski definition) is 1. The minimum Gasteiger partial charge on any atom is -0.507 e. The van der Waals surface area contributed by atoms with E-state index in [9.17, 15) is 14.7 Å². The molecular formula is C25H31NO5S. The summed E-state index contributed by atoms with van der Waals surface area (Å²) in [6, 6.07) is 8.55. The maximum absolute atomic E-state index is 13.1. The highest BCUT2D eigenvalue weighted by Crippen LogP contribution is 2.42. The van der Waals surface area contributed by atoms with Crippen LogP contribution in [0.4, 0.5) is 0 Å². The van der Waals surface area contributed by atoms with E-state index in [2.05, 4.69) is 20.8 Å². The zero-order valence-electron chi connectivity index (χ0n) is 19.3. The SMILES string of the molecule is CCOc1ccc(/C(O)=C2/C(=O)C(=O)N(CCCOC)C2c2cccs2)cc1C(C)(C)C. The fraction of sp³-hybridized carbons (Fsp3) is 0.440. The highest BCUT2D eigenvalue weighted by molar-refractivity contribution is 7.10. The second-order valence-corrected chi connectivity index (χ2v) is 9.73. The second kappa shape index (κ2) is 9.88. The number of likely N-dealkylation sites (tertiary alicyclic amines) is 1. The number of rotatable bonds is 8. The third-order valence-electron chi connectivity index (χ3n) is 5.46. The van der Waals surface area contributed by atoms with E-state index in [1.54, 1.807) is 13.2 Å². The monoisotopic (exact) mass is 457 g/mol. The van der Waals surface area contributed by atoms with Gasteiger partial charge in [0, 0.05) is 36.3 Å². The Morgan fingerprint density at radius 3 is 2.56 bits per heavy atom. The number of Topliss-reactive ketones (excluding diaryl/α,β-unsaturated/α-hetero) is 1. The van der Waals surface area contributed by atoms with E-state index in [0.717, 1.165) is 16.2 Å². The highest BCUT2D eigenvalue weighted by Gasteiger charge is 2.46. The van der Waals surface area contributed by atoms with Crippen LogP contribution >= 0.6 is 11.3 Å². The lowest BCUT2D eigenvalue weighted by molar-refractivity contribution is -0.140. The summed E-state index contributed by atoms with van der Waals surface area (Å²) in [4.78, 5) is 28.3. The molecule has 1 aromatic heterocycles. The van der Waals surface area contributed by atoms with Crippen molar-refractivity contribution in [3.05, 3.63) is 57.3 Å². The van der Waals surface area contributed by atoms with E-state index < -0.39 is 17.7 Å². The van der Waals surface area contributed by atoms with Crippen LogP contribution < -0.4 is 4.74 Å². The lowest BCUT2D eigenvalue weighted by atomic mass is 9.84. The number of ether oxygens (including phenoxy) is 2. The first-order valence-electron chi connectivity index (χ1n) is 10.8. The van der Waals surface area contributed by atoms with Gasteiger partial charge in [-0.25, -0.2) is 0 Å². The third kappa shape index (κ3) is 4.74. The number of ketones is 1. The predicted molar refractivity (Wildman–Crippen MR) is 126 cm³/mol. The molecule has 3 rings (SSSR count). The zero-order valence-corrected chi connectivity index (χ0v) is 20.1. The van der Waals surface area contributed by atoms with Crippen molar-refractivity contribution in [3.63, 3.8) is 0 Å². The Balaban J connectivity index is 2.13. The van der Waals surface area contributed by atoms with Crippen molar-refractivity contribution >= 4 is 28.8 Å². The minimum absolute atomic E-state index is 0.124. The molecule has 1 aromatic carbocycles. The first kappa shape index (κ1) is 24.0. The Morgan fingerprint density at radius 1 is 1.22 bits per heavy atom. The minimum atomic E-state index is -0.662. The molecule has 0 aliphatic carbocycles. The molecule has 1 atom stereocenters. The van der Waals surface area contributed by atoms with Crippen LogP contribution in [0.15, 0.2) is 41.3 Å². The standard InChI is InChI=1S/C25H31NO5S/c1-6-31-18-11-10-16(15-17(18)25(2,3)4)22(27)20-21(19-9-7-14-32-19)26(12-8-13-30-5)24(29)23(20)28/h7,9-11,14-15,21,27H,6,8,12-13H2,1-5H3/b22-20-. The fourth-order valence-electron chi connectivity index (χ4n) is 3.93. The normalized spacial score (nSPS) is 18.4. The molecule has 0 bridgehead atoms. The summed E-state index contributed by atoms with van der Waals surface area (Å²) < 4.78 is 10.9. The molecule has 1 fully saturated rings. The van der Waals surface area contributed by atoms with Gasteiger partial charge in [0.2, 0.25) is 0 Å². The van der Waals surface area contributed by atoms with Crippen molar-refractivity contribution in [2.75, 3.05) is 26.9 Å². The van der Waals surface area contributed by atoms with Crippen LogP contribution in [0.1, 0.15) is 56.2 Å². The predicted octanol–water partition coefficient (Wildman–Crippen LogP) is 4.90. The van der Waals surface area contributed by atoms with Crippen LogP contribution in [0.2, 0.25) is 0 Å². The van der Waals surface area contributed by atoms with Gasteiger partial charge in [-0.3, -0.25) is 9.59 Å². The van der Waals surface area contributed by atoms with Crippen LogP contribution in [0.25, 0.3) is 5.76 Å². The molecule has 1 saturated heterocycles. The lowest BCUT2D eigenvalue weighted by Gasteiger charge is -2.25. The molecule has 1 unspecified atom stereocenters. The van der Waals surface area contributed by atoms with Crippen molar-refractivity contribution in [2.24, 2.45) is 0 Å². The Hall–Kier alpha value is -2.64. The zero-order chi connectivity index (χ0) is 23.5. The van der Waals surface area contributed by atoms with Crippen LogP contribution in [0.3, 0.4) is 0 Å². The molecule has 0 spiro atoms. The summed E-state index contributed by atoms with van der Waals surface area (Å²) in [5.41, 5.74) is 1.31. The summed E-state index contributed by atoms with van der Waals surface area (Å²) in [6.45, 7) is 9.49. The Bertz CT molecular complexity index is 1000. The number of aliphatic hydroxyl groups excluding tert-OH is 1. The molecule has 6 nitrogen and oxygen atoms in total. The maximum atomic E-state index is 13.1. The van der Waals surface area contributed by atoms with Gasteiger partial charge in [-0.05, 0) is 48.4 Å². The largest absolute Gasteiger partial charge is 0.507 e. The van der Waals surface area contributed by atoms with Gasteiger partial charge in [0.25, 0.3) is 11.7 Å². The number of carbonyl (C=O) groups excluding carboxylic acids is 2. The average molecular weight is 458 g/mol. The fourth-order valence-corrected chi connectivity index (χ4v) is 4.78. The molecule has 1 aliphatic rings. The van der Waals surface area contributed by atoms with E-state index in [1.165, 1.54) is 16.2 Å². The summed E-state index contributed by atoms with van der Waals surface area (Å²) in [5, 5.41) is 13.2.